The van der Waals surface area contributed by atoms with Crippen molar-refractivity contribution in [3.63, 3.8) is 0 Å². The smallest absolute Gasteiger partial charge is 0.259 e. The Morgan fingerprint density at radius 1 is 1.12 bits per heavy atom. The van der Waals surface area contributed by atoms with Crippen LogP contribution in [0, 0.1) is 17.8 Å². The number of benzene rings is 1. The maximum atomic E-state index is 14.2. The molecule has 0 bridgehead atoms. The van der Waals surface area contributed by atoms with Crippen LogP contribution in [0.3, 0.4) is 0 Å². The van der Waals surface area contributed by atoms with Crippen LogP contribution < -0.4 is 19.5 Å². The first-order chi connectivity index (χ1) is 22.7. The van der Waals surface area contributed by atoms with E-state index in [4.69, 9.17) is 9.47 Å². The van der Waals surface area contributed by atoms with Gasteiger partial charge in [0.25, 0.3) is 5.91 Å². The summed E-state index contributed by atoms with van der Waals surface area (Å²) in [7, 11) is -3.92. The third-order valence-electron chi connectivity index (χ3n) is 10.3. The molecule has 0 radical (unpaired) electrons. The molecule has 3 heterocycles. The fraction of sp³-hybridized carbons (Fsp3) is 0.611. The maximum Gasteiger partial charge on any atom is 0.259 e. The molecule has 2 aromatic rings. The van der Waals surface area contributed by atoms with Crippen LogP contribution in [0.15, 0.2) is 42.5 Å². The number of aromatic nitrogens is 1. The Hall–Kier alpha value is -3.67. The molecule has 2 aliphatic heterocycles. The fourth-order valence-corrected chi connectivity index (χ4v) is 8.42. The SMILES string of the molecule is CC(C)Oc1cc2ccccc2c(O[C@@H]2C[C@H]3C(=O)N[C@]4(C(=O)NS(=O)(=O)C5(C)CC5)C[C@H]4/C=C\CC[C@@H](C)C[C@@H](C)CC(=O)N3C2)n1. The average Bonchev–Trinajstić information content (AvgIpc) is 3.88. The van der Waals surface area contributed by atoms with Crippen LogP contribution in [0.1, 0.15) is 86.0 Å². The topological polar surface area (TPSA) is 144 Å². The fourth-order valence-electron chi connectivity index (χ4n) is 7.11. The molecule has 6 atom stereocenters. The number of carbonyl (C=O) groups is 3. The van der Waals surface area contributed by atoms with Gasteiger partial charge < -0.3 is 19.7 Å². The first-order valence-electron chi connectivity index (χ1n) is 17.3. The molecule has 2 saturated carbocycles. The van der Waals surface area contributed by atoms with E-state index >= 15 is 0 Å². The molecule has 2 N–H and O–H groups in total. The van der Waals surface area contributed by atoms with Crippen molar-refractivity contribution >= 4 is 38.5 Å². The molecule has 0 unspecified atom stereocenters. The number of hydrogen-bond donors (Lipinski definition) is 2. The molecular weight excluding hydrogens is 632 g/mol. The number of pyridine rings is 1. The summed E-state index contributed by atoms with van der Waals surface area (Å²) in [4.78, 5) is 48.0. The zero-order valence-corrected chi connectivity index (χ0v) is 29.3. The Labute approximate surface area is 283 Å². The number of carbonyl (C=O) groups excluding carboxylic acids is 3. The Kier molecular flexibility index (Phi) is 9.25. The third kappa shape index (κ3) is 7.04. The predicted molar refractivity (Wildman–Crippen MR) is 182 cm³/mol. The number of fused-ring (bicyclic) bond motifs is 3. The zero-order chi connectivity index (χ0) is 34.4. The molecule has 1 aromatic heterocycles. The minimum Gasteiger partial charge on any atom is -0.475 e. The lowest BCUT2D eigenvalue weighted by molar-refractivity contribution is -0.140. The number of hydrogen-bond acceptors (Lipinski definition) is 8. The summed E-state index contributed by atoms with van der Waals surface area (Å²) in [6.07, 6.45) is 7.57. The van der Waals surface area contributed by atoms with Crippen molar-refractivity contribution in [2.75, 3.05) is 6.54 Å². The lowest BCUT2D eigenvalue weighted by Crippen LogP contribution is -2.57. The van der Waals surface area contributed by atoms with Crippen LogP contribution in [0.4, 0.5) is 0 Å². The lowest BCUT2D eigenvalue weighted by atomic mass is 9.91. The van der Waals surface area contributed by atoms with Gasteiger partial charge in [-0.25, -0.2) is 8.42 Å². The zero-order valence-electron chi connectivity index (χ0n) is 28.5. The van der Waals surface area contributed by atoms with Crippen LogP contribution >= 0.6 is 0 Å². The predicted octanol–water partition coefficient (Wildman–Crippen LogP) is 4.65. The van der Waals surface area contributed by atoms with Crippen molar-refractivity contribution in [1.29, 1.82) is 0 Å². The second-order valence-corrected chi connectivity index (χ2v) is 17.2. The molecule has 3 fully saturated rings. The van der Waals surface area contributed by atoms with Gasteiger partial charge in [0.15, 0.2) is 0 Å². The highest BCUT2D eigenvalue weighted by molar-refractivity contribution is 7.91. The molecular formula is C36H48N4O7S. The first-order valence-corrected chi connectivity index (χ1v) is 18.8. The molecule has 12 heteroatoms. The van der Waals surface area contributed by atoms with Gasteiger partial charge in [-0.15, -0.1) is 0 Å². The summed E-state index contributed by atoms with van der Waals surface area (Å²) in [6.45, 7) is 9.85. The number of sulfonamides is 1. The summed E-state index contributed by atoms with van der Waals surface area (Å²) in [5, 5.41) is 4.61. The minimum absolute atomic E-state index is 0.100. The van der Waals surface area contributed by atoms with Gasteiger partial charge in [0, 0.05) is 30.2 Å². The van der Waals surface area contributed by atoms with Crippen molar-refractivity contribution in [3.8, 4) is 11.8 Å². The summed E-state index contributed by atoms with van der Waals surface area (Å²) >= 11 is 0. The lowest BCUT2D eigenvalue weighted by Gasteiger charge is -2.28. The van der Waals surface area contributed by atoms with E-state index in [9.17, 15) is 22.8 Å². The third-order valence-corrected chi connectivity index (χ3v) is 12.5. The molecule has 11 nitrogen and oxygen atoms in total. The van der Waals surface area contributed by atoms with E-state index in [2.05, 4.69) is 28.9 Å². The monoisotopic (exact) mass is 680 g/mol. The molecule has 0 spiro atoms. The van der Waals surface area contributed by atoms with E-state index < -0.39 is 44.3 Å². The van der Waals surface area contributed by atoms with Gasteiger partial charge in [0.1, 0.15) is 17.7 Å². The van der Waals surface area contributed by atoms with Gasteiger partial charge in [-0.3, -0.25) is 19.1 Å². The highest BCUT2D eigenvalue weighted by Gasteiger charge is 2.63. The van der Waals surface area contributed by atoms with Crippen molar-refractivity contribution < 1.29 is 32.3 Å². The number of nitrogens with one attached hydrogen (secondary N) is 2. The van der Waals surface area contributed by atoms with Crippen LogP contribution in [0.5, 0.6) is 11.8 Å². The number of amides is 3. The average molecular weight is 681 g/mol. The Morgan fingerprint density at radius 3 is 2.60 bits per heavy atom. The number of allylic oxidation sites excluding steroid dienone is 1. The molecule has 1 aromatic carbocycles. The summed E-state index contributed by atoms with van der Waals surface area (Å²) in [5.74, 6) is -0.483. The van der Waals surface area contributed by atoms with E-state index in [0.717, 1.165) is 30.0 Å². The van der Waals surface area contributed by atoms with Gasteiger partial charge in [0.2, 0.25) is 33.6 Å². The van der Waals surface area contributed by atoms with Crippen molar-refractivity contribution in [2.24, 2.45) is 17.8 Å². The highest BCUT2D eigenvalue weighted by Crippen LogP contribution is 2.47. The van der Waals surface area contributed by atoms with Gasteiger partial charge in [-0.05, 0) is 82.6 Å². The second kappa shape index (κ2) is 13.0. The van der Waals surface area contributed by atoms with Gasteiger partial charge in [0.05, 0.1) is 17.4 Å². The molecule has 48 heavy (non-hydrogen) atoms. The van der Waals surface area contributed by atoms with Crippen LogP contribution in [-0.2, 0) is 24.4 Å². The number of nitrogens with zero attached hydrogens (tertiary/aromatic N) is 2. The molecule has 1 saturated heterocycles. The number of ether oxygens (including phenoxy) is 2. The summed E-state index contributed by atoms with van der Waals surface area (Å²) in [6, 6.07) is 8.62. The van der Waals surface area contributed by atoms with E-state index in [1.54, 1.807) is 11.8 Å². The molecule has 260 valence electrons. The van der Waals surface area contributed by atoms with E-state index in [-0.39, 0.29) is 49.7 Å². The Morgan fingerprint density at radius 2 is 1.88 bits per heavy atom. The van der Waals surface area contributed by atoms with Crippen LogP contribution in [0.2, 0.25) is 0 Å². The van der Waals surface area contributed by atoms with Crippen molar-refractivity contribution in [1.82, 2.24) is 19.9 Å². The Balaban J connectivity index is 1.29. The normalized spacial score (nSPS) is 31.1. The largest absolute Gasteiger partial charge is 0.475 e. The summed E-state index contributed by atoms with van der Waals surface area (Å²) in [5.41, 5.74) is -1.42. The van der Waals surface area contributed by atoms with Gasteiger partial charge >= 0.3 is 0 Å². The van der Waals surface area contributed by atoms with Crippen molar-refractivity contribution in [3.05, 3.63) is 42.5 Å². The maximum absolute atomic E-state index is 14.2. The number of rotatable bonds is 7. The van der Waals surface area contributed by atoms with Crippen LogP contribution in [0.25, 0.3) is 10.8 Å². The summed E-state index contributed by atoms with van der Waals surface area (Å²) < 4.78 is 39.8. The van der Waals surface area contributed by atoms with Gasteiger partial charge in [-0.2, -0.15) is 4.98 Å². The highest BCUT2D eigenvalue weighted by atomic mass is 32.2. The first kappa shape index (κ1) is 34.2. The van der Waals surface area contributed by atoms with E-state index in [0.29, 0.717) is 30.5 Å². The second-order valence-electron chi connectivity index (χ2n) is 15.0. The van der Waals surface area contributed by atoms with E-state index in [1.807, 2.05) is 56.3 Å². The quantitative estimate of drug-likeness (QED) is 0.403. The minimum atomic E-state index is -3.92. The molecule has 4 aliphatic rings. The molecule has 6 rings (SSSR count). The van der Waals surface area contributed by atoms with E-state index in [1.165, 1.54) is 0 Å². The van der Waals surface area contributed by atoms with Crippen molar-refractivity contribution in [2.45, 2.75) is 115 Å². The molecule has 2 aliphatic carbocycles. The van der Waals surface area contributed by atoms with Crippen LogP contribution in [-0.4, -0.2) is 71.1 Å². The molecule has 3 amide bonds. The Bertz CT molecular complexity index is 1720. The standard InChI is InChI=1S/C36H48N4O7S/c1-22(2)46-30-18-25-11-7-9-13-28(25)33(37-30)47-27-19-29-32(42)38-36(34(43)39-48(44,45)35(5)14-15-35)20-26(36)12-8-6-10-23(3)16-24(4)17-31(41)40(29)21-27/h7-9,11-13,18,22-24,26-27,29H,6,10,14-17,19-21H2,1-5H3,(H,38,42)(H,39,43)/b12-8-/t23-,24-,26-,27-,29+,36-/m1/s1. The van der Waals surface area contributed by atoms with Gasteiger partial charge in [-0.1, -0.05) is 44.2 Å².